The molecule has 2 aromatic rings. The summed E-state index contributed by atoms with van der Waals surface area (Å²) in [4.78, 5) is 0.128. The van der Waals surface area contributed by atoms with E-state index in [1.54, 1.807) is 30.3 Å². The Morgan fingerprint density at radius 1 is 1.24 bits per heavy atom. The fourth-order valence-electron chi connectivity index (χ4n) is 1.84. The summed E-state index contributed by atoms with van der Waals surface area (Å²) in [5.41, 5.74) is 7.66. The van der Waals surface area contributed by atoms with Gasteiger partial charge in [-0.25, -0.2) is 8.42 Å². The van der Waals surface area contributed by atoms with Crippen molar-refractivity contribution in [3.63, 3.8) is 0 Å². The average Bonchev–Trinajstić information content (AvgIpc) is 2.42. The van der Waals surface area contributed by atoms with Crippen LogP contribution >= 0.6 is 27.5 Å². The van der Waals surface area contributed by atoms with Crippen LogP contribution in [0.25, 0.3) is 0 Å². The van der Waals surface area contributed by atoms with Crippen LogP contribution in [0.1, 0.15) is 12.5 Å². The Balaban J connectivity index is 2.33. The van der Waals surface area contributed by atoms with Gasteiger partial charge in [-0.2, -0.15) is 0 Å². The van der Waals surface area contributed by atoms with Gasteiger partial charge in [0.15, 0.2) is 0 Å². The van der Waals surface area contributed by atoms with Crippen molar-refractivity contribution in [1.82, 2.24) is 0 Å². The lowest BCUT2D eigenvalue weighted by atomic mass is 10.1. The van der Waals surface area contributed by atoms with Gasteiger partial charge in [0, 0.05) is 10.2 Å². The van der Waals surface area contributed by atoms with Gasteiger partial charge in [0.2, 0.25) is 0 Å². The van der Waals surface area contributed by atoms with Gasteiger partial charge in [0.1, 0.15) is 0 Å². The van der Waals surface area contributed by atoms with E-state index in [2.05, 4.69) is 20.7 Å². The van der Waals surface area contributed by atoms with E-state index in [0.29, 0.717) is 20.9 Å². The maximum atomic E-state index is 12.3. The number of hydrogen-bond donors (Lipinski definition) is 2. The second-order valence-corrected chi connectivity index (χ2v) is 7.39. The summed E-state index contributed by atoms with van der Waals surface area (Å²) in [5, 5.41) is 0.509. The number of nitrogens with one attached hydrogen (secondary N) is 1. The summed E-state index contributed by atoms with van der Waals surface area (Å²) in [7, 11) is -3.68. The number of nitrogen functional groups attached to an aromatic ring is 1. The predicted octanol–water partition coefficient (Wildman–Crippen LogP) is 4.05. The van der Waals surface area contributed by atoms with Crippen LogP contribution in [0, 0.1) is 0 Å². The van der Waals surface area contributed by atoms with Gasteiger partial charge in [-0.15, -0.1) is 0 Å². The Morgan fingerprint density at radius 2 is 1.95 bits per heavy atom. The molecule has 2 rings (SSSR count). The molecule has 0 bridgehead atoms. The molecule has 0 radical (unpaired) electrons. The van der Waals surface area contributed by atoms with E-state index in [4.69, 9.17) is 17.3 Å². The van der Waals surface area contributed by atoms with Crippen molar-refractivity contribution in [3.05, 3.63) is 51.5 Å². The maximum absolute atomic E-state index is 12.3. The van der Waals surface area contributed by atoms with Crippen LogP contribution in [0.5, 0.6) is 0 Å². The number of nitrogens with two attached hydrogens (primary N) is 1. The monoisotopic (exact) mass is 388 g/mol. The van der Waals surface area contributed by atoms with Crippen molar-refractivity contribution in [2.45, 2.75) is 18.2 Å². The molecule has 0 saturated carbocycles. The minimum absolute atomic E-state index is 0.128. The number of benzene rings is 2. The first-order chi connectivity index (χ1) is 9.83. The summed E-state index contributed by atoms with van der Waals surface area (Å²) in [6.45, 7) is 1.96. The Morgan fingerprint density at radius 3 is 2.52 bits per heavy atom. The zero-order chi connectivity index (χ0) is 15.6. The highest BCUT2D eigenvalue weighted by atomic mass is 79.9. The van der Waals surface area contributed by atoms with E-state index in [0.717, 1.165) is 12.0 Å². The van der Waals surface area contributed by atoms with Crippen molar-refractivity contribution in [1.29, 1.82) is 0 Å². The molecule has 21 heavy (non-hydrogen) atoms. The largest absolute Gasteiger partial charge is 0.398 e. The molecule has 0 aliphatic carbocycles. The third-order valence-electron chi connectivity index (χ3n) is 2.98. The van der Waals surface area contributed by atoms with Crippen molar-refractivity contribution in [2.75, 3.05) is 10.5 Å². The predicted molar refractivity (Wildman–Crippen MR) is 90.2 cm³/mol. The molecule has 0 aromatic heterocycles. The van der Waals surface area contributed by atoms with Gasteiger partial charge in [-0.05, 0) is 58.2 Å². The van der Waals surface area contributed by atoms with Crippen LogP contribution in [-0.2, 0) is 16.4 Å². The minimum Gasteiger partial charge on any atom is -0.398 e. The number of rotatable bonds is 4. The highest BCUT2D eigenvalue weighted by molar-refractivity contribution is 9.10. The topological polar surface area (TPSA) is 72.2 Å². The lowest BCUT2D eigenvalue weighted by Gasteiger charge is -2.11. The number of anilines is 2. The van der Waals surface area contributed by atoms with Crippen LogP contribution in [-0.4, -0.2) is 8.42 Å². The molecule has 0 unspecified atom stereocenters. The molecule has 0 amide bonds. The smallest absolute Gasteiger partial charge is 0.261 e. The molecule has 3 N–H and O–H groups in total. The van der Waals surface area contributed by atoms with Crippen LogP contribution in [0.4, 0.5) is 11.4 Å². The molecule has 0 atom stereocenters. The molecule has 4 nitrogen and oxygen atoms in total. The van der Waals surface area contributed by atoms with E-state index >= 15 is 0 Å². The third-order valence-corrected chi connectivity index (χ3v) is 5.57. The number of aryl methyl sites for hydroxylation is 1. The van der Waals surface area contributed by atoms with Gasteiger partial charge in [0.05, 0.1) is 15.6 Å². The molecule has 0 fully saturated rings. The molecule has 7 heteroatoms. The first-order valence-electron chi connectivity index (χ1n) is 6.19. The van der Waals surface area contributed by atoms with Gasteiger partial charge < -0.3 is 5.73 Å². The lowest BCUT2D eigenvalue weighted by molar-refractivity contribution is 0.601. The molecule has 0 spiro atoms. The summed E-state index contributed by atoms with van der Waals surface area (Å²) >= 11 is 9.14. The third kappa shape index (κ3) is 3.70. The highest BCUT2D eigenvalue weighted by Crippen LogP contribution is 2.27. The number of hydrogen-bond acceptors (Lipinski definition) is 3. The molecular formula is C14H14BrClN2O2S. The van der Waals surface area contributed by atoms with Crippen molar-refractivity contribution < 1.29 is 8.42 Å². The van der Waals surface area contributed by atoms with Gasteiger partial charge in [0.25, 0.3) is 10.0 Å². The standard InChI is InChI=1S/C14H14BrClN2O2S/c1-2-9-3-5-11(8-14(9)17)21(19,20)18-10-4-6-13(16)12(15)7-10/h3-8,18H,2,17H2,1H3. The summed E-state index contributed by atoms with van der Waals surface area (Å²) in [6.07, 6.45) is 0.754. The van der Waals surface area contributed by atoms with Crippen LogP contribution in [0.3, 0.4) is 0 Å². The van der Waals surface area contributed by atoms with Crippen molar-refractivity contribution in [3.8, 4) is 0 Å². The summed E-state index contributed by atoms with van der Waals surface area (Å²) in [5.74, 6) is 0. The van der Waals surface area contributed by atoms with Crippen LogP contribution in [0.15, 0.2) is 45.8 Å². The van der Waals surface area contributed by atoms with E-state index in [9.17, 15) is 8.42 Å². The Hall–Kier alpha value is -1.24. The fourth-order valence-corrected chi connectivity index (χ4v) is 3.42. The van der Waals surface area contributed by atoms with Gasteiger partial charge in [-0.3, -0.25) is 4.72 Å². The number of sulfonamides is 1. The summed E-state index contributed by atoms with van der Waals surface area (Å²) in [6, 6.07) is 9.53. The second kappa shape index (κ2) is 6.25. The number of halogens is 2. The SMILES string of the molecule is CCc1ccc(S(=O)(=O)Nc2ccc(Cl)c(Br)c2)cc1N. The normalized spacial score (nSPS) is 11.4. The minimum atomic E-state index is -3.68. The van der Waals surface area contributed by atoms with Crippen LogP contribution in [0.2, 0.25) is 5.02 Å². The van der Waals surface area contributed by atoms with Crippen LogP contribution < -0.4 is 10.5 Å². The molecule has 112 valence electrons. The van der Waals surface area contributed by atoms with E-state index < -0.39 is 10.0 Å². The Labute approximate surface area is 137 Å². The van der Waals surface area contributed by atoms with Crippen molar-refractivity contribution in [2.24, 2.45) is 0 Å². The van der Waals surface area contributed by atoms with E-state index in [1.165, 1.54) is 6.07 Å². The first kappa shape index (κ1) is 16.1. The Bertz CT molecular complexity index is 779. The zero-order valence-electron chi connectivity index (χ0n) is 11.2. The zero-order valence-corrected chi connectivity index (χ0v) is 14.4. The van der Waals surface area contributed by atoms with E-state index in [1.807, 2.05) is 6.92 Å². The van der Waals surface area contributed by atoms with Gasteiger partial charge in [-0.1, -0.05) is 24.6 Å². The fraction of sp³-hybridized carbons (Fsp3) is 0.143. The van der Waals surface area contributed by atoms with Crippen molar-refractivity contribution >= 4 is 48.9 Å². The molecule has 0 aliphatic rings. The second-order valence-electron chi connectivity index (χ2n) is 4.45. The average molecular weight is 390 g/mol. The molecule has 0 aliphatic heterocycles. The molecule has 0 heterocycles. The molecular weight excluding hydrogens is 376 g/mol. The first-order valence-corrected chi connectivity index (χ1v) is 8.85. The highest BCUT2D eigenvalue weighted by Gasteiger charge is 2.16. The Kier molecular flexibility index (Phi) is 4.81. The molecule has 2 aromatic carbocycles. The van der Waals surface area contributed by atoms with E-state index in [-0.39, 0.29) is 4.90 Å². The lowest BCUT2D eigenvalue weighted by Crippen LogP contribution is -2.13. The maximum Gasteiger partial charge on any atom is 0.261 e. The van der Waals surface area contributed by atoms with Gasteiger partial charge >= 0.3 is 0 Å². The molecule has 0 saturated heterocycles. The summed E-state index contributed by atoms with van der Waals surface area (Å²) < 4.78 is 27.8. The quantitative estimate of drug-likeness (QED) is 0.775.